The lowest BCUT2D eigenvalue weighted by Gasteiger charge is -2.20. The van der Waals surface area contributed by atoms with Gasteiger partial charge in [-0.25, -0.2) is 9.78 Å². The van der Waals surface area contributed by atoms with Gasteiger partial charge >= 0.3 is 5.97 Å². The van der Waals surface area contributed by atoms with Gasteiger partial charge in [0.05, 0.1) is 33.3 Å². The predicted molar refractivity (Wildman–Crippen MR) is 139 cm³/mol. The van der Waals surface area contributed by atoms with Crippen LogP contribution >= 0.6 is 39.1 Å². The average Bonchev–Trinajstić information content (AvgIpc) is 2.71. The maximum Gasteiger partial charge on any atom is 0.344 e. The van der Waals surface area contributed by atoms with Gasteiger partial charge in [0.1, 0.15) is 5.82 Å². The topological polar surface area (TPSA) is 82.8 Å². The fourth-order valence-electron chi connectivity index (χ4n) is 3.09. The molecule has 34 heavy (non-hydrogen) atoms. The smallest absolute Gasteiger partial charge is 0.344 e. The van der Waals surface area contributed by atoms with Gasteiger partial charge in [-0.05, 0) is 49.7 Å². The molecule has 0 spiro atoms. The molecule has 0 bridgehead atoms. The van der Waals surface area contributed by atoms with E-state index in [0.29, 0.717) is 22.3 Å². The maximum atomic E-state index is 13.3. The van der Waals surface area contributed by atoms with Crippen LogP contribution in [-0.2, 0) is 14.9 Å². The summed E-state index contributed by atoms with van der Waals surface area (Å²) in [7, 11) is 0. The molecule has 0 aliphatic heterocycles. The summed E-state index contributed by atoms with van der Waals surface area (Å²) in [6, 6.07) is 8.50. The Kier molecular flexibility index (Phi) is 8.06. The van der Waals surface area contributed by atoms with E-state index in [2.05, 4.69) is 26.0 Å². The molecule has 1 aromatic heterocycles. The Bertz CT molecular complexity index is 1310. The number of hydrogen-bond donors (Lipinski definition) is 0. The number of carbonyl (C=O) groups excluding carboxylic acids is 1. The Morgan fingerprint density at radius 1 is 1.21 bits per heavy atom. The number of nitrogens with zero attached hydrogens (tertiary/aromatic N) is 3. The SMILES string of the molecule is CC(C)OC(=O)COc1c(Cl)cc(C=Nn2c(C(C)(C)C)nc3ccc(Br)cc3c2=O)cc1Cl. The summed E-state index contributed by atoms with van der Waals surface area (Å²) >= 11 is 16.1. The van der Waals surface area contributed by atoms with Gasteiger partial charge in [0.2, 0.25) is 0 Å². The van der Waals surface area contributed by atoms with Crippen molar-refractivity contribution in [3.8, 4) is 5.75 Å². The molecule has 3 rings (SSSR count). The first-order valence-corrected chi connectivity index (χ1v) is 12.0. The van der Waals surface area contributed by atoms with Crippen molar-refractivity contribution in [3.05, 3.63) is 66.6 Å². The number of carbonyl (C=O) groups is 1. The van der Waals surface area contributed by atoms with Crippen molar-refractivity contribution >= 4 is 62.2 Å². The van der Waals surface area contributed by atoms with Crippen LogP contribution in [0.2, 0.25) is 10.0 Å². The first kappa shape index (κ1) is 26.2. The molecule has 10 heteroatoms. The monoisotopic (exact) mass is 567 g/mol. The van der Waals surface area contributed by atoms with E-state index >= 15 is 0 Å². The summed E-state index contributed by atoms with van der Waals surface area (Å²) < 4.78 is 12.5. The highest BCUT2D eigenvalue weighted by Crippen LogP contribution is 2.34. The molecule has 0 radical (unpaired) electrons. The van der Waals surface area contributed by atoms with Crippen molar-refractivity contribution in [2.24, 2.45) is 5.10 Å². The average molecular weight is 569 g/mol. The molecule has 1 heterocycles. The molecule has 0 fully saturated rings. The molecular weight excluding hydrogens is 545 g/mol. The fourth-order valence-corrected chi connectivity index (χ4v) is 4.06. The van der Waals surface area contributed by atoms with E-state index in [9.17, 15) is 9.59 Å². The van der Waals surface area contributed by atoms with Gasteiger partial charge in [-0.3, -0.25) is 4.79 Å². The van der Waals surface area contributed by atoms with Gasteiger partial charge in [-0.15, -0.1) is 0 Å². The molecule has 0 unspecified atom stereocenters. The lowest BCUT2D eigenvalue weighted by Crippen LogP contribution is -2.29. The van der Waals surface area contributed by atoms with Crippen LogP contribution in [0.5, 0.6) is 5.75 Å². The number of aromatic nitrogens is 2. The minimum atomic E-state index is -0.530. The van der Waals surface area contributed by atoms with Crippen molar-refractivity contribution in [1.29, 1.82) is 0 Å². The largest absolute Gasteiger partial charge is 0.479 e. The number of hydrogen-bond acceptors (Lipinski definition) is 6. The highest BCUT2D eigenvalue weighted by Gasteiger charge is 2.23. The van der Waals surface area contributed by atoms with Gasteiger partial charge in [0.25, 0.3) is 5.56 Å². The van der Waals surface area contributed by atoms with Gasteiger partial charge in [-0.2, -0.15) is 9.78 Å². The number of ether oxygens (including phenoxy) is 2. The van der Waals surface area contributed by atoms with Crippen LogP contribution in [0.25, 0.3) is 10.9 Å². The van der Waals surface area contributed by atoms with Crippen molar-refractivity contribution in [3.63, 3.8) is 0 Å². The van der Waals surface area contributed by atoms with Crippen LogP contribution in [0.4, 0.5) is 0 Å². The van der Waals surface area contributed by atoms with Crippen LogP contribution in [-0.4, -0.2) is 34.6 Å². The first-order valence-electron chi connectivity index (χ1n) is 10.5. The lowest BCUT2D eigenvalue weighted by molar-refractivity contribution is -0.149. The van der Waals surface area contributed by atoms with Crippen LogP contribution in [0.1, 0.15) is 46.0 Å². The van der Waals surface area contributed by atoms with Crippen molar-refractivity contribution in [2.45, 2.75) is 46.1 Å². The summed E-state index contributed by atoms with van der Waals surface area (Å²) in [5, 5.41) is 5.23. The maximum absolute atomic E-state index is 13.3. The number of esters is 1. The van der Waals surface area contributed by atoms with E-state index < -0.39 is 11.4 Å². The number of fused-ring (bicyclic) bond motifs is 1. The molecule has 7 nitrogen and oxygen atoms in total. The summed E-state index contributed by atoms with van der Waals surface area (Å²) in [6.07, 6.45) is 1.21. The summed E-state index contributed by atoms with van der Waals surface area (Å²) in [5.74, 6) is 0.132. The van der Waals surface area contributed by atoms with E-state index in [-0.39, 0.29) is 34.1 Å². The molecule has 2 aromatic carbocycles. The lowest BCUT2D eigenvalue weighted by atomic mass is 9.95. The molecule has 3 aromatic rings. The molecule has 0 amide bonds. The summed E-state index contributed by atoms with van der Waals surface area (Å²) in [5.41, 5.74) is 0.379. The fraction of sp³-hybridized carbons (Fsp3) is 0.333. The third kappa shape index (κ3) is 6.17. The van der Waals surface area contributed by atoms with E-state index in [1.807, 2.05) is 26.8 Å². The van der Waals surface area contributed by atoms with Crippen LogP contribution in [0, 0.1) is 0 Å². The number of halogens is 3. The number of benzene rings is 2. The second-order valence-electron chi connectivity index (χ2n) is 8.85. The Morgan fingerprint density at radius 2 is 1.85 bits per heavy atom. The molecule has 0 aliphatic carbocycles. The molecule has 0 saturated carbocycles. The predicted octanol–water partition coefficient (Wildman–Crippen LogP) is 5.98. The third-order valence-electron chi connectivity index (χ3n) is 4.52. The molecule has 0 atom stereocenters. The third-order valence-corrected chi connectivity index (χ3v) is 5.58. The van der Waals surface area contributed by atoms with Crippen molar-refractivity contribution in [1.82, 2.24) is 9.66 Å². The normalized spacial score (nSPS) is 12.0. The minimum absolute atomic E-state index is 0.158. The first-order chi connectivity index (χ1) is 15.9. The molecule has 0 saturated heterocycles. The molecule has 0 N–H and O–H groups in total. The van der Waals surface area contributed by atoms with E-state index in [0.717, 1.165) is 4.47 Å². The second-order valence-corrected chi connectivity index (χ2v) is 10.6. The minimum Gasteiger partial charge on any atom is -0.479 e. The Hall–Kier alpha value is -2.42. The van der Waals surface area contributed by atoms with Gasteiger partial charge in [0.15, 0.2) is 12.4 Å². The summed E-state index contributed by atoms with van der Waals surface area (Å²) in [4.78, 5) is 29.7. The van der Waals surface area contributed by atoms with E-state index in [4.69, 9.17) is 32.7 Å². The van der Waals surface area contributed by atoms with Gasteiger partial charge in [-0.1, -0.05) is 59.9 Å². The van der Waals surface area contributed by atoms with Crippen LogP contribution in [0.3, 0.4) is 0 Å². The highest BCUT2D eigenvalue weighted by molar-refractivity contribution is 9.10. The van der Waals surface area contributed by atoms with Crippen molar-refractivity contribution in [2.75, 3.05) is 6.61 Å². The van der Waals surface area contributed by atoms with Crippen LogP contribution < -0.4 is 10.3 Å². The van der Waals surface area contributed by atoms with Gasteiger partial charge < -0.3 is 9.47 Å². The standard InChI is InChI=1S/C24H24BrCl2N3O4/c1-13(2)34-20(31)12-33-21-17(26)8-14(9-18(21)27)11-28-30-22(32)16-10-15(25)6-7-19(16)29-23(30)24(3,4)5/h6-11,13H,12H2,1-5H3. The zero-order valence-electron chi connectivity index (χ0n) is 19.4. The summed E-state index contributed by atoms with van der Waals surface area (Å²) in [6.45, 7) is 9.02. The molecular formula is C24H24BrCl2N3O4. The number of rotatable bonds is 6. The van der Waals surface area contributed by atoms with E-state index in [1.165, 1.54) is 10.9 Å². The quantitative estimate of drug-likeness (QED) is 0.270. The Balaban J connectivity index is 1.97. The van der Waals surface area contributed by atoms with Crippen LogP contribution in [0.15, 0.2) is 44.7 Å². The van der Waals surface area contributed by atoms with Gasteiger partial charge in [0, 0.05) is 9.89 Å². The van der Waals surface area contributed by atoms with E-state index in [1.54, 1.807) is 38.1 Å². The molecule has 0 aliphatic rings. The Labute approximate surface area is 215 Å². The van der Waals surface area contributed by atoms with Crippen molar-refractivity contribution < 1.29 is 14.3 Å². The zero-order chi connectivity index (χ0) is 25.2. The molecule has 180 valence electrons. The zero-order valence-corrected chi connectivity index (χ0v) is 22.5. The Morgan fingerprint density at radius 3 is 2.44 bits per heavy atom. The highest BCUT2D eigenvalue weighted by atomic mass is 79.9. The second kappa shape index (κ2) is 10.5.